The fraction of sp³-hybridized carbons (Fsp3) is 0.485. The molecule has 0 radical (unpaired) electrons. The van der Waals surface area contributed by atoms with Crippen molar-refractivity contribution in [3.05, 3.63) is 53.2 Å². The minimum absolute atomic E-state index is 0.00623. The molecule has 44 heavy (non-hydrogen) atoms. The fourth-order valence-corrected chi connectivity index (χ4v) is 6.49. The van der Waals surface area contributed by atoms with Gasteiger partial charge in [0.1, 0.15) is 0 Å². The summed E-state index contributed by atoms with van der Waals surface area (Å²) in [7, 11) is 4.66. The second kappa shape index (κ2) is 12.7. The molecule has 236 valence electrons. The van der Waals surface area contributed by atoms with E-state index in [1.54, 1.807) is 44.1 Å². The van der Waals surface area contributed by atoms with Gasteiger partial charge in [-0.15, -0.1) is 0 Å². The molecule has 1 saturated heterocycles. The molecule has 0 spiro atoms. The Morgan fingerprint density at radius 3 is 2.25 bits per heavy atom. The van der Waals surface area contributed by atoms with Gasteiger partial charge >= 0.3 is 6.09 Å². The van der Waals surface area contributed by atoms with Crippen molar-refractivity contribution >= 4 is 29.2 Å². The van der Waals surface area contributed by atoms with Crippen molar-refractivity contribution in [2.75, 3.05) is 70.9 Å². The molecule has 3 aliphatic rings. The van der Waals surface area contributed by atoms with E-state index >= 15 is 0 Å². The van der Waals surface area contributed by atoms with Crippen LogP contribution in [0.5, 0.6) is 17.2 Å². The van der Waals surface area contributed by atoms with Crippen LogP contribution in [-0.2, 0) is 14.3 Å². The van der Waals surface area contributed by atoms with Crippen molar-refractivity contribution in [2.24, 2.45) is 5.41 Å². The van der Waals surface area contributed by atoms with Crippen LogP contribution >= 0.6 is 0 Å². The molecule has 1 N–H and O–H groups in total. The average Bonchev–Trinajstić information content (AvgIpc) is 3.14. The highest BCUT2D eigenvalue weighted by atomic mass is 16.6. The van der Waals surface area contributed by atoms with Gasteiger partial charge in [-0.25, -0.2) is 4.79 Å². The Balaban J connectivity index is 1.62. The lowest BCUT2D eigenvalue weighted by Gasteiger charge is -2.40. The Kier molecular flexibility index (Phi) is 8.94. The van der Waals surface area contributed by atoms with Crippen molar-refractivity contribution in [3.8, 4) is 17.2 Å². The number of carbonyl (C=O) groups excluding carboxylic acids is 3. The van der Waals surface area contributed by atoms with Crippen LogP contribution in [0.2, 0.25) is 0 Å². The molecule has 2 heterocycles. The average molecular weight is 607 g/mol. The molecule has 2 aromatic carbocycles. The highest BCUT2D eigenvalue weighted by molar-refractivity contribution is 6.02. The molecular formula is C33H42N4O7. The molecule has 2 aliphatic heterocycles. The summed E-state index contributed by atoms with van der Waals surface area (Å²) in [6, 6.07) is 10.8. The van der Waals surface area contributed by atoms with E-state index in [0.29, 0.717) is 74.0 Å². The maximum absolute atomic E-state index is 14.1. The fourth-order valence-electron chi connectivity index (χ4n) is 6.49. The minimum atomic E-state index is -0.663. The van der Waals surface area contributed by atoms with E-state index < -0.39 is 6.04 Å². The summed E-state index contributed by atoms with van der Waals surface area (Å²) in [5.41, 5.74) is 3.47. The van der Waals surface area contributed by atoms with E-state index in [2.05, 4.69) is 19.2 Å². The first-order valence-corrected chi connectivity index (χ1v) is 15.0. The summed E-state index contributed by atoms with van der Waals surface area (Å²) in [5.74, 6) is 1.23. The lowest BCUT2D eigenvalue weighted by molar-refractivity contribution is -0.131. The number of ketones is 1. The Hall–Kier alpha value is -4.41. The first-order valence-electron chi connectivity index (χ1n) is 15.0. The molecule has 0 aromatic heterocycles. The van der Waals surface area contributed by atoms with Crippen LogP contribution in [0.25, 0.3) is 0 Å². The van der Waals surface area contributed by atoms with E-state index in [0.717, 1.165) is 17.1 Å². The zero-order valence-electron chi connectivity index (χ0n) is 26.4. The van der Waals surface area contributed by atoms with Crippen LogP contribution in [0.3, 0.4) is 0 Å². The van der Waals surface area contributed by atoms with Gasteiger partial charge in [0.15, 0.2) is 17.3 Å². The second-order valence-electron chi connectivity index (χ2n) is 12.0. The van der Waals surface area contributed by atoms with Gasteiger partial charge < -0.3 is 39.0 Å². The van der Waals surface area contributed by atoms with Gasteiger partial charge in [0.05, 0.1) is 51.9 Å². The van der Waals surface area contributed by atoms with Crippen LogP contribution < -0.4 is 24.4 Å². The number of hydrogen-bond acceptors (Lipinski definition) is 9. The third kappa shape index (κ3) is 5.87. The minimum Gasteiger partial charge on any atom is -0.493 e. The zero-order chi connectivity index (χ0) is 31.6. The molecule has 11 heteroatoms. The summed E-state index contributed by atoms with van der Waals surface area (Å²) < 4.78 is 22.4. The number of carbonyl (C=O) groups is 3. The van der Waals surface area contributed by atoms with E-state index in [1.165, 1.54) is 0 Å². The zero-order valence-corrected chi connectivity index (χ0v) is 26.4. The molecule has 1 atom stereocenters. The van der Waals surface area contributed by atoms with E-state index in [-0.39, 0.29) is 29.7 Å². The molecule has 0 bridgehead atoms. The molecule has 2 aromatic rings. The molecular weight excluding hydrogens is 564 g/mol. The van der Waals surface area contributed by atoms with Gasteiger partial charge in [-0.1, -0.05) is 26.0 Å². The maximum Gasteiger partial charge on any atom is 0.409 e. The number of benzene rings is 2. The number of rotatable bonds is 7. The number of fused-ring (bicyclic) bond motifs is 1. The van der Waals surface area contributed by atoms with Crippen LogP contribution in [-0.4, -0.2) is 88.2 Å². The quantitative estimate of drug-likeness (QED) is 0.483. The van der Waals surface area contributed by atoms with Gasteiger partial charge in [0.25, 0.3) is 0 Å². The number of para-hydroxylation sites is 2. The number of hydrogen-bond donors (Lipinski definition) is 1. The standard InChI is InChI=1S/C33H42N4O7/c1-7-44-32(40)36-16-14-35(15-17-36)27(39)20-37-24-11-9-8-10-22(24)34-23-18-33(2,3)19-25(38)28(23)29(37)21-12-13-26(41-4)31(43-6)30(21)42-5/h8-13,29,34H,7,14-20H2,1-6H3. The third-order valence-corrected chi connectivity index (χ3v) is 8.50. The van der Waals surface area contributed by atoms with Gasteiger partial charge in [-0.2, -0.15) is 0 Å². The number of anilines is 2. The summed E-state index contributed by atoms with van der Waals surface area (Å²) in [4.78, 5) is 45.8. The summed E-state index contributed by atoms with van der Waals surface area (Å²) in [6.45, 7) is 7.80. The first kappa shape index (κ1) is 31.0. The lowest BCUT2D eigenvalue weighted by Crippen LogP contribution is -2.53. The number of Topliss-reactive ketones (excluding diaryl/α,β-unsaturated/α-hetero) is 1. The van der Waals surface area contributed by atoms with Gasteiger partial charge in [0.2, 0.25) is 11.7 Å². The summed E-state index contributed by atoms with van der Waals surface area (Å²) in [5, 5.41) is 3.59. The number of allylic oxidation sites excluding steroid dienone is 1. The number of methoxy groups -OCH3 is 3. The van der Waals surface area contributed by atoms with Crippen molar-refractivity contribution in [2.45, 2.75) is 39.7 Å². The molecule has 11 nitrogen and oxygen atoms in total. The highest BCUT2D eigenvalue weighted by Gasteiger charge is 2.44. The number of nitrogens with zero attached hydrogens (tertiary/aromatic N) is 3. The monoisotopic (exact) mass is 606 g/mol. The largest absolute Gasteiger partial charge is 0.493 e. The smallest absolute Gasteiger partial charge is 0.409 e. The van der Waals surface area contributed by atoms with Crippen molar-refractivity contribution in [3.63, 3.8) is 0 Å². The van der Waals surface area contributed by atoms with E-state index in [9.17, 15) is 14.4 Å². The number of piperazine rings is 1. The van der Waals surface area contributed by atoms with E-state index in [1.807, 2.05) is 35.2 Å². The van der Waals surface area contributed by atoms with Gasteiger partial charge in [-0.3, -0.25) is 9.59 Å². The number of ether oxygens (including phenoxy) is 4. The third-order valence-electron chi connectivity index (χ3n) is 8.50. The van der Waals surface area contributed by atoms with Crippen molar-refractivity contribution in [1.29, 1.82) is 0 Å². The maximum atomic E-state index is 14.1. The predicted molar refractivity (Wildman–Crippen MR) is 166 cm³/mol. The molecule has 5 rings (SSSR count). The molecule has 1 unspecified atom stereocenters. The molecule has 1 aliphatic carbocycles. The Labute approximate surface area is 258 Å². The predicted octanol–water partition coefficient (Wildman–Crippen LogP) is 4.63. The normalized spacial score (nSPS) is 19.4. The summed E-state index contributed by atoms with van der Waals surface area (Å²) >= 11 is 0. The Morgan fingerprint density at radius 1 is 0.909 bits per heavy atom. The molecule has 2 amide bonds. The Bertz CT molecular complexity index is 1460. The Morgan fingerprint density at radius 2 is 1.59 bits per heavy atom. The van der Waals surface area contributed by atoms with E-state index in [4.69, 9.17) is 18.9 Å². The van der Waals surface area contributed by atoms with Crippen LogP contribution in [0.1, 0.15) is 45.2 Å². The van der Waals surface area contributed by atoms with Crippen LogP contribution in [0.15, 0.2) is 47.7 Å². The second-order valence-corrected chi connectivity index (χ2v) is 12.0. The SMILES string of the molecule is CCOC(=O)N1CCN(C(=O)CN2c3ccccc3NC3=C(C(=O)CC(C)(C)C3)C2c2ccc(OC)c(OC)c2OC)CC1. The number of nitrogens with one attached hydrogen (secondary N) is 1. The lowest BCUT2D eigenvalue weighted by atomic mass is 9.73. The van der Waals surface area contributed by atoms with Crippen molar-refractivity contribution < 1.29 is 33.3 Å². The van der Waals surface area contributed by atoms with Gasteiger partial charge in [0, 0.05) is 49.4 Å². The molecule has 0 saturated carbocycles. The highest BCUT2D eigenvalue weighted by Crippen LogP contribution is 2.52. The van der Waals surface area contributed by atoms with Crippen molar-refractivity contribution in [1.82, 2.24) is 9.80 Å². The topological polar surface area (TPSA) is 110 Å². The first-order chi connectivity index (χ1) is 21.1. The van der Waals surface area contributed by atoms with Crippen LogP contribution in [0.4, 0.5) is 16.2 Å². The number of amides is 2. The summed E-state index contributed by atoms with van der Waals surface area (Å²) in [6.07, 6.45) is 0.658. The van der Waals surface area contributed by atoms with Gasteiger partial charge in [-0.05, 0) is 43.0 Å². The van der Waals surface area contributed by atoms with Crippen LogP contribution in [0, 0.1) is 5.41 Å². The molecule has 1 fully saturated rings.